The highest BCUT2D eigenvalue weighted by Crippen LogP contribution is 2.27. The van der Waals surface area contributed by atoms with E-state index in [-0.39, 0.29) is 6.61 Å². The molecule has 0 aromatic heterocycles. The first kappa shape index (κ1) is 15.4. The van der Waals surface area contributed by atoms with Gasteiger partial charge in [-0.05, 0) is 19.7 Å². The zero-order valence-electron chi connectivity index (χ0n) is 12.2. The minimum absolute atomic E-state index is 0.222. The first-order valence-electron chi connectivity index (χ1n) is 6.74. The van der Waals surface area contributed by atoms with Gasteiger partial charge in [-0.2, -0.15) is 0 Å². The molecular formula is C15H22FNO3. The van der Waals surface area contributed by atoms with Gasteiger partial charge in [0, 0.05) is 7.11 Å². The third-order valence-electron chi connectivity index (χ3n) is 3.49. The second-order valence-electron chi connectivity index (χ2n) is 5.18. The molecule has 0 unspecified atom stereocenters. The number of likely N-dealkylation sites (N-methyl/N-ethyl adjacent to an activating group) is 1. The summed E-state index contributed by atoms with van der Waals surface area (Å²) in [5, 5.41) is 0. The summed E-state index contributed by atoms with van der Waals surface area (Å²) in [5.41, 5.74) is 1.06. The van der Waals surface area contributed by atoms with E-state index < -0.39 is 24.6 Å². The summed E-state index contributed by atoms with van der Waals surface area (Å²) >= 11 is 0. The molecule has 0 amide bonds. The molecule has 0 saturated carbocycles. The van der Waals surface area contributed by atoms with Crippen molar-refractivity contribution in [2.45, 2.75) is 31.2 Å². The van der Waals surface area contributed by atoms with Gasteiger partial charge >= 0.3 is 0 Å². The Labute approximate surface area is 119 Å². The predicted octanol–water partition coefficient (Wildman–Crippen LogP) is 1.84. The summed E-state index contributed by atoms with van der Waals surface area (Å²) in [6, 6.07) is 9.40. The second kappa shape index (κ2) is 7.13. The molecule has 1 heterocycles. The van der Waals surface area contributed by atoms with Crippen molar-refractivity contribution >= 4 is 0 Å². The third kappa shape index (κ3) is 3.55. The van der Waals surface area contributed by atoms with Crippen LogP contribution in [0.15, 0.2) is 30.3 Å². The average molecular weight is 283 g/mol. The van der Waals surface area contributed by atoms with Crippen molar-refractivity contribution in [1.29, 1.82) is 0 Å². The van der Waals surface area contributed by atoms with Crippen molar-refractivity contribution in [3.05, 3.63) is 35.9 Å². The molecule has 1 aromatic carbocycles. The van der Waals surface area contributed by atoms with Crippen molar-refractivity contribution in [2.75, 3.05) is 27.8 Å². The van der Waals surface area contributed by atoms with E-state index >= 15 is 0 Å². The van der Waals surface area contributed by atoms with Crippen LogP contribution in [-0.4, -0.2) is 57.3 Å². The molecule has 0 N–H and O–H groups in total. The topological polar surface area (TPSA) is 30.9 Å². The Morgan fingerprint density at radius 1 is 1.25 bits per heavy atom. The molecule has 2 rings (SSSR count). The number of hydrogen-bond acceptors (Lipinski definition) is 4. The summed E-state index contributed by atoms with van der Waals surface area (Å²) in [5.74, 6) is 0. The van der Waals surface area contributed by atoms with Crippen molar-refractivity contribution in [2.24, 2.45) is 0 Å². The van der Waals surface area contributed by atoms with E-state index in [0.717, 1.165) is 5.56 Å². The number of ether oxygens (including phenoxy) is 3. The minimum atomic E-state index is -1.12. The average Bonchev–Trinajstić information content (AvgIpc) is 2.77. The van der Waals surface area contributed by atoms with Crippen LogP contribution in [0.1, 0.15) is 5.56 Å². The van der Waals surface area contributed by atoms with Gasteiger partial charge in [-0.15, -0.1) is 0 Å². The van der Waals surface area contributed by atoms with Gasteiger partial charge < -0.3 is 14.2 Å². The smallest absolute Gasteiger partial charge is 0.176 e. The lowest BCUT2D eigenvalue weighted by Crippen LogP contribution is -2.43. The van der Waals surface area contributed by atoms with Crippen LogP contribution in [0.2, 0.25) is 0 Å². The van der Waals surface area contributed by atoms with Gasteiger partial charge in [-0.1, -0.05) is 30.3 Å². The van der Waals surface area contributed by atoms with Gasteiger partial charge in [0.25, 0.3) is 0 Å². The number of methoxy groups -OCH3 is 1. The van der Waals surface area contributed by atoms with Gasteiger partial charge in [-0.25, -0.2) is 4.39 Å². The molecule has 20 heavy (non-hydrogen) atoms. The molecule has 1 aliphatic heterocycles. The zero-order chi connectivity index (χ0) is 14.5. The normalized spacial score (nSPS) is 30.1. The van der Waals surface area contributed by atoms with Crippen LogP contribution in [0.25, 0.3) is 0 Å². The van der Waals surface area contributed by atoms with Crippen LogP contribution < -0.4 is 0 Å². The SMILES string of the molecule is CO[C@@H]1O[C@H](COCc2ccccc2)[C@@H](F)[C@@H]1N(C)C. The number of halogens is 1. The molecular weight excluding hydrogens is 261 g/mol. The number of alkyl halides is 1. The van der Waals surface area contributed by atoms with Crippen LogP contribution in [0.3, 0.4) is 0 Å². The quantitative estimate of drug-likeness (QED) is 0.797. The fourth-order valence-corrected chi connectivity index (χ4v) is 2.42. The molecule has 4 atom stereocenters. The maximum absolute atomic E-state index is 14.3. The standard InChI is InChI=1S/C15H22FNO3/c1-17(2)14-13(16)12(20-15(14)18-3)10-19-9-11-7-5-4-6-8-11/h4-8,12-15H,9-10H2,1-3H3/t12-,13-,14+,15-/m1/s1. The van der Waals surface area contributed by atoms with E-state index in [1.165, 1.54) is 7.11 Å². The van der Waals surface area contributed by atoms with Gasteiger partial charge in [-0.3, -0.25) is 4.90 Å². The van der Waals surface area contributed by atoms with E-state index in [1.807, 2.05) is 44.4 Å². The molecule has 112 valence electrons. The second-order valence-corrected chi connectivity index (χ2v) is 5.18. The molecule has 1 aliphatic rings. The molecule has 1 aromatic rings. The molecule has 0 aliphatic carbocycles. The first-order valence-corrected chi connectivity index (χ1v) is 6.74. The summed E-state index contributed by atoms with van der Waals surface area (Å²) in [6.07, 6.45) is -2.26. The fourth-order valence-electron chi connectivity index (χ4n) is 2.42. The van der Waals surface area contributed by atoms with Crippen molar-refractivity contribution in [1.82, 2.24) is 4.90 Å². The van der Waals surface area contributed by atoms with Gasteiger partial charge in [0.2, 0.25) is 0 Å². The van der Waals surface area contributed by atoms with Crippen LogP contribution in [-0.2, 0) is 20.8 Å². The summed E-state index contributed by atoms with van der Waals surface area (Å²) in [7, 11) is 5.17. The van der Waals surface area contributed by atoms with Crippen molar-refractivity contribution in [3.8, 4) is 0 Å². The lowest BCUT2D eigenvalue weighted by molar-refractivity contribution is -0.145. The molecule has 1 fully saturated rings. The van der Waals surface area contributed by atoms with Gasteiger partial charge in [0.05, 0.1) is 19.3 Å². The Bertz CT molecular complexity index is 401. The van der Waals surface area contributed by atoms with E-state index in [2.05, 4.69) is 0 Å². The van der Waals surface area contributed by atoms with Crippen LogP contribution in [0.4, 0.5) is 4.39 Å². The highest BCUT2D eigenvalue weighted by molar-refractivity contribution is 5.13. The highest BCUT2D eigenvalue weighted by atomic mass is 19.1. The van der Waals surface area contributed by atoms with Crippen LogP contribution in [0, 0.1) is 0 Å². The van der Waals surface area contributed by atoms with Crippen LogP contribution >= 0.6 is 0 Å². The number of nitrogens with zero attached hydrogens (tertiary/aromatic N) is 1. The van der Waals surface area contributed by atoms with E-state index in [4.69, 9.17) is 14.2 Å². The molecule has 5 heteroatoms. The van der Waals surface area contributed by atoms with Crippen LogP contribution in [0.5, 0.6) is 0 Å². The predicted molar refractivity (Wildman–Crippen MR) is 74.1 cm³/mol. The monoisotopic (exact) mass is 283 g/mol. The molecule has 0 bridgehead atoms. The Balaban J connectivity index is 1.84. The lowest BCUT2D eigenvalue weighted by atomic mass is 10.1. The number of rotatable bonds is 6. The Hall–Kier alpha value is -1.01. The fraction of sp³-hybridized carbons (Fsp3) is 0.600. The summed E-state index contributed by atoms with van der Waals surface area (Å²) in [6.45, 7) is 0.679. The van der Waals surface area contributed by atoms with Crippen molar-refractivity contribution in [3.63, 3.8) is 0 Å². The maximum atomic E-state index is 14.3. The summed E-state index contributed by atoms with van der Waals surface area (Å²) in [4.78, 5) is 1.79. The maximum Gasteiger partial charge on any atom is 0.176 e. The van der Waals surface area contributed by atoms with E-state index in [0.29, 0.717) is 6.61 Å². The van der Waals surface area contributed by atoms with Gasteiger partial charge in [0.1, 0.15) is 12.3 Å². The number of benzene rings is 1. The molecule has 0 spiro atoms. The third-order valence-corrected chi connectivity index (χ3v) is 3.49. The minimum Gasteiger partial charge on any atom is -0.374 e. The number of hydrogen-bond donors (Lipinski definition) is 0. The first-order chi connectivity index (χ1) is 9.63. The Morgan fingerprint density at radius 3 is 2.50 bits per heavy atom. The van der Waals surface area contributed by atoms with Crippen molar-refractivity contribution < 1.29 is 18.6 Å². The molecule has 4 nitrogen and oxygen atoms in total. The molecule has 0 radical (unpaired) electrons. The Morgan fingerprint density at radius 2 is 1.95 bits per heavy atom. The summed E-state index contributed by atoms with van der Waals surface area (Å²) < 4.78 is 30.7. The molecule has 1 saturated heterocycles. The zero-order valence-corrected chi connectivity index (χ0v) is 12.2. The lowest BCUT2D eigenvalue weighted by Gasteiger charge is -2.24. The highest BCUT2D eigenvalue weighted by Gasteiger charge is 2.46. The van der Waals surface area contributed by atoms with E-state index in [1.54, 1.807) is 4.90 Å². The largest absolute Gasteiger partial charge is 0.374 e. The van der Waals surface area contributed by atoms with E-state index in [9.17, 15) is 4.39 Å². The Kier molecular flexibility index (Phi) is 5.48. The van der Waals surface area contributed by atoms with Gasteiger partial charge in [0.15, 0.2) is 6.29 Å².